The Morgan fingerprint density at radius 1 is 0.862 bits per heavy atom. The van der Waals surface area contributed by atoms with Gasteiger partial charge in [-0.1, -0.05) is 59.8 Å². The molecule has 0 aliphatic rings. The van der Waals surface area contributed by atoms with Crippen molar-refractivity contribution in [2.24, 2.45) is 0 Å². The Morgan fingerprint density at radius 2 is 1.59 bits per heavy atom. The monoisotopic (exact) mass is 384 g/mol. The van der Waals surface area contributed by atoms with Crippen LogP contribution in [0.25, 0.3) is 10.9 Å². The Hall–Kier alpha value is -3.80. The lowest BCUT2D eigenvalue weighted by Crippen LogP contribution is -2.26. The van der Waals surface area contributed by atoms with E-state index in [4.69, 9.17) is 0 Å². The summed E-state index contributed by atoms with van der Waals surface area (Å²) >= 11 is 0. The van der Waals surface area contributed by atoms with Crippen LogP contribution in [0.1, 0.15) is 21.5 Å². The maximum Gasteiger partial charge on any atom is 0.277 e. The summed E-state index contributed by atoms with van der Waals surface area (Å²) in [4.78, 5) is 24.9. The lowest BCUT2D eigenvalue weighted by molar-refractivity contribution is 0.0954. The van der Waals surface area contributed by atoms with E-state index in [0.29, 0.717) is 29.6 Å². The molecule has 0 saturated carbocycles. The van der Waals surface area contributed by atoms with Crippen LogP contribution in [-0.4, -0.2) is 27.4 Å². The molecule has 6 heteroatoms. The van der Waals surface area contributed by atoms with Crippen LogP contribution in [0, 0.1) is 0 Å². The van der Waals surface area contributed by atoms with E-state index in [2.05, 4.69) is 15.6 Å². The van der Waals surface area contributed by atoms with Crippen molar-refractivity contribution in [2.45, 2.75) is 13.0 Å². The highest BCUT2D eigenvalue weighted by molar-refractivity contribution is 5.94. The van der Waals surface area contributed by atoms with Crippen LogP contribution in [0.4, 0.5) is 0 Å². The van der Waals surface area contributed by atoms with E-state index in [0.717, 1.165) is 12.0 Å². The number of benzene rings is 3. The number of fused-ring (bicyclic) bond motifs is 1. The molecular formula is C23H20N4O2. The van der Waals surface area contributed by atoms with Gasteiger partial charge < -0.3 is 5.32 Å². The zero-order valence-corrected chi connectivity index (χ0v) is 15.8. The third-order valence-corrected chi connectivity index (χ3v) is 4.72. The number of amides is 1. The molecule has 4 rings (SSSR count). The Labute approximate surface area is 167 Å². The lowest BCUT2D eigenvalue weighted by atomic mass is 10.1. The van der Waals surface area contributed by atoms with Crippen molar-refractivity contribution in [1.82, 2.24) is 20.3 Å². The van der Waals surface area contributed by atoms with Gasteiger partial charge in [0.05, 0.1) is 11.9 Å². The Bertz CT molecular complexity index is 1180. The van der Waals surface area contributed by atoms with Crippen molar-refractivity contribution in [3.8, 4) is 0 Å². The van der Waals surface area contributed by atoms with Crippen LogP contribution < -0.4 is 10.9 Å². The Morgan fingerprint density at radius 3 is 2.38 bits per heavy atom. The molecular weight excluding hydrogens is 364 g/mol. The van der Waals surface area contributed by atoms with Gasteiger partial charge in [0.1, 0.15) is 5.52 Å². The quantitative estimate of drug-likeness (QED) is 0.555. The van der Waals surface area contributed by atoms with Gasteiger partial charge in [-0.15, -0.1) is 5.10 Å². The fraction of sp³-hybridized carbons (Fsp3) is 0.130. The molecule has 0 aliphatic carbocycles. The van der Waals surface area contributed by atoms with E-state index in [-0.39, 0.29) is 11.5 Å². The first-order chi connectivity index (χ1) is 14.2. The van der Waals surface area contributed by atoms with Gasteiger partial charge in [0.2, 0.25) is 0 Å². The molecule has 4 aromatic rings. The van der Waals surface area contributed by atoms with E-state index in [1.54, 1.807) is 30.3 Å². The molecule has 0 bridgehead atoms. The minimum absolute atomic E-state index is 0.116. The molecule has 1 aromatic heterocycles. The second kappa shape index (κ2) is 8.48. The number of nitrogens with one attached hydrogen (secondary N) is 1. The molecule has 144 valence electrons. The highest BCUT2D eigenvalue weighted by atomic mass is 16.1. The summed E-state index contributed by atoms with van der Waals surface area (Å²) in [5.74, 6) is -0.116. The molecule has 0 radical (unpaired) electrons. The highest BCUT2D eigenvalue weighted by Gasteiger charge is 2.08. The predicted octanol–water partition coefficient (Wildman–Crippen LogP) is 2.81. The lowest BCUT2D eigenvalue weighted by Gasteiger charge is -2.08. The molecule has 0 fully saturated rings. The van der Waals surface area contributed by atoms with E-state index < -0.39 is 0 Å². The second-order valence-corrected chi connectivity index (χ2v) is 6.76. The maximum atomic E-state index is 12.5. The van der Waals surface area contributed by atoms with Gasteiger partial charge in [-0.3, -0.25) is 9.59 Å². The summed E-state index contributed by atoms with van der Waals surface area (Å²) in [5, 5.41) is 11.6. The van der Waals surface area contributed by atoms with Gasteiger partial charge in [0.25, 0.3) is 11.5 Å². The first-order valence-electron chi connectivity index (χ1n) is 9.44. The highest BCUT2D eigenvalue weighted by Crippen LogP contribution is 2.08. The van der Waals surface area contributed by atoms with Crippen LogP contribution >= 0.6 is 0 Å². The smallest absolute Gasteiger partial charge is 0.277 e. The summed E-state index contributed by atoms with van der Waals surface area (Å²) in [6, 6.07) is 24.3. The number of rotatable bonds is 6. The van der Waals surface area contributed by atoms with Crippen molar-refractivity contribution in [3.63, 3.8) is 0 Å². The zero-order valence-electron chi connectivity index (χ0n) is 15.8. The molecule has 0 spiro atoms. The molecule has 0 unspecified atom stereocenters. The van der Waals surface area contributed by atoms with Gasteiger partial charge in [0.15, 0.2) is 0 Å². The van der Waals surface area contributed by atoms with Crippen LogP contribution in [0.5, 0.6) is 0 Å². The molecule has 0 atom stereocenters. The number of nitrogens with zero attached hydrogens (tertiary/aromatic N) is 3. The summed E-state index contributed by atoms with van der Waals surface area (Å²) in [5.41, 5.74) is 3.04. The van der Waals surface area contributed by atoms with Crippen molar-refractivity contribution in [3.05, 3.63) is 106 Å². The standard InChI is InChI=1S/C23H20N4O2/c28-22(24-15-14-17-6-2-1-3-7-17)19-12-10-18(11-13-19)16-27-23(29)20-8-4-5-9-21(20)25-26-27/h1-13H,14-16H2,(H,24,28). The van der Waals surface area contributed by atoms with Gasteiger partial charge in [-0.25, -0.2) is 4.68 Å². The molecule has 6 nitrogen and oxygen atoms in total. The first kappa shape index (κ1) is 18.6. The SMILES string of the molecule is O=C(NCCc1ccccc1)c1ccc(Cn2nnc3ccccc3c2=O)cc1. The largest absolute Gasteiger partial charge is 0.352 e. The maximum absolute atomic E-state index is 12.5. The van der Waals surface area contributed by atoms with E-state index >= 15 is 0 Å². The Kier molecular flexibility index (Phi) is 5.42. The first-order valence-corrected chi connectivity index (χ1v) is 9.44. The molecule has 1 amide bonds. The van der Waals surface area contributed by atoms with Gasteiger partial charge in [-0.05, 0) is 41.8 Å². The minimum atomic E-state index is -0.182. The topological polar surface area (TPSA) is 76.9 Å². The number of aromatic nitrogens is 3. The fourth-order valence-electron chi connectivity index (χ4n) is 3.13. The average Bonchev–Trinajstić information content (AvgIpc) is 2.77. The van der Waals surface area contributed by atoms with Gasteiger partial charge >= 0.3 is 0 Å². The number of hydrogen-bond donors (Lipinski definition) is 1. The Balaban J connectivity index is 1.39. The third kappa shape index (κ3) is 4.38. The molecule has 3 aromatic carbocycles. The van der Waals surface area contributed by atoms with Gasteiger partial charge in [-0.2, -0.15) is 0 Å². The number of hydrogen-bond acceptors (Lipinski definition) is 4. The van der Waals surface area contributed by atoms with E-state index in [1.165, 1.54) is 10.2 Å². The number of carbonyl (C=O) groups is 1. The third-order valence-electron chi connectivity index (χ3n) is 4.72. The summed E-state index contributed by atoms with van der Waals surface area (Å²) < 4.78 is 1.33. The molecule has 0 aliphatic heterocycles. The van der Waals surface area contributed by atoms with Crippen molar-refractivity contribution < 1.29 is 4.79 Å². The molecule has 1 N–H and O–H groups in total. The number of carbonyl (C=O) groups excluding carboxylic acids is 1. The van der Waals surface area contributed by atoms with Gasteiger partial charge in [0, 0.05) is 12.1 Å². The molecule has 0 saturated heterocycles. The van der Waals surface area contributed by atoms with Crippen molar-refractivity contribution >= 4 is 16.8 Å². The van der Waals surface area contributed by atoms with E-state index in [9.17, 15) is 9.59 Å². The van der Waals surface area contributed by atoms with Crippen LogP contribution in [-0.2, 0) is 13.0 Å². The fourth-order valence-corrected chi connectivity index (χ4v) is 3.13. The summed E-state index contributed by atoms with van der Waals surface area (Å²) in [6.45, 7) is 0.874. The normalized spacial score (nSPS) is 10.8. The summed E-state index contributed by atoms with van der Waals surface area (Å²) in [7, 11) is 0. The second-order valence-electron chi connectivity index (χ2n) is 6.76. The molecule has 1 heterocycles. The van der Waals surface area contributed by atoms with Crippen molar-refractivity contribution in [1.29, 1.82) is 0 Å². The van der Waals surface area contributed by atoms with Crippen molar-refractivity contribution in [2.75, 3.05) is 6.54 Å². The summed E-state index contributed by atoms with van der Waals surface area (Å²) in [6.07, 6.45) is 0.786. The van der Waals surface area contributed by atoms with Crippen LogP contribution in [0.15, 0.2) is 83.7 Å². The average molecular weight is 384 g/mol. The zero-order chi connectivity index (χ0) is 20.1. The van der Waals surface area contributed by atoms with Crippen LogP contribution in [0.3, 0.4) is 0 Å². The minimum Gasteiger partial charge on any atom is -0.352 e. The van der Waals surface area contributed by atoms with Crippen LogP contribution in [0.2, 0.25) is 0 Å². The van der Waals surface area contributed by atoms with E-state index in [1.807, 2.05) is 48.5 Å². The predicted molar refractivity (Wildman–Crippen MR) is 112 cm³/mol. The molecule has 29 heavy (non-hydrogen) atoms.